The summed E-state index contributed by atoms with van der Waals surface area (Å²) >= 11 is 0. The van der Waals surface area contributed by atoms with E-state index in [1.54, 1.807) is 0 Å². The summed E-state index contributed by atoms with van der Waals surface area (Å²) in [5.74, 6) is 0.828. The summed E-state index contributed by atoms with van der Waals surface area (Å²) in [6.45, 7) is 4.90. The standard InChI is InChI=1S/C10H19NO2/c1-4-12-5-2-9(1)7-11-10-3-6-13-8-10/h9-11H,1-8H2. The molecule has 76 valence electrons. The molecule has 0 spiro atoms. The van der Waals surface area contributed by atoms with E-state index in [0.717, 1.165) is 38.9 Å². The number of hydrogen-bond donors (Lipinski definition) is 1. The van der Waals surface area contributed by atoms with Crippen molar-refractivity contribution >= 4 is 0 Å². The highest BCUT2D eigenvalue weighted by Gasteiger charge is 2.18. The second-order valence-corrected chi connectivity index (χ2v) is 4.02. The van der Waals surface area contributed by atoms with Crippen LogP contribution in [0.4, 0.5) is 0 Å². The van der Waals surface area contributed by atoms with Crippen molar-refractivity contribution in [2.45, 2.75) is 25.3 Å². The number of rotatable bonds is 3. The normalized spacial score (nSPS) is 30.9. The van der Waals surface area contributed by atoms with Crippen molar-refractivity contribution in [2.24, 2.45) is 5.92 Å². The van der Waals surface area contributed by atoms with Gasteiger partial charge in [-0.1, -0.05) is 0 Å². The van der Waals surface area contributed by atoms with Gasteiger partial charge in [0.05, 0.1) is 6.61 Å². The van der Waals surface area contributed by atoms with E-state index in [4.69, 9.17) is 9.47 Å². The first-order valence-corrected chi connectivity index (χ1v) is 5.34. The first-order valence-electron chi connectivity index (χ1n) is 5.34. The van der Waals surface area contributed by atoms with E-state index in [9.17, 15) is 0 Å². The van der Waals surface area contributed by atoms with Gasteiger partial charge in [-0.05, 0) is 31.7 Å². The Morgan fingerprint density at radius 1 is 1.00 bits per heavy atom. The van der Waals surface area contributed by atoms with Gasteiger partial charge in [-0.2, -0.15) is 0 Å². The van der Waals surface area contributed by atoms with Crippen molar-refractivity contribution in [3.63, 3.8) is 0 Å². The number of ether oxygens (including phenoxy) is 2. The molecule has 2 heterocycles. The van der Waals surface area contributed by atoms with Crippen molar-refractivity contribution < 1.29 is 9.47 Å². The predicted octanol–water partition coefficient (Wildman–Crippen LogP) is 0.791. The molecule has 13 heavy (non-hydrogen) atoms. The third-order valence-corrected chi connectivity index (χ3v) is 2.97. The molecule has 3 nitrogen and oxygen atoms in total. The van der Waals surface area contributed by atoms with Gasteiger partial charge in [0.2, 0.25) is 0 Å². The Kier molecular flexibility index (Phi) is 3.58. The van der Waals surface area contributed by atoms with Crippen molar-refractivity contribution in [2.75, 3.05) is 33.0 Å². The van der Waals surface area contributed by atoms with Gasteiger partial charge >= 0.3 is 0 Å². The lowest BCUT2D eigenvalue weighted by Crippen LogP contribution is -2.35. The molecule has 0 amide bonds. The monoisotopic (exact) mass is 185 g/mol. The van der Waals surface area contributed by atoms with Gasteiger partial charge in [0, 0.05) is 25.9 Å². The molecule has 2 fully saturated rings. The van der Waals surface area contributed by atoms with Crippen LogP contribution in [0.25, 0.3) is 0 Å². The minimum Gasteiger partial charge on any atom is -0.381 e. The van der Waals surface area contributed by atoms with E-state index in [0.29, 0.717) is 6.04 Å². The summed E-state index contributed by atoms with van der Waals surface area (Å²) in [5.41, 5.74) is 0. The number of nitrogens with one attached hydrogen (secondary N) is 1. The zero-order valence-corrected chi connectivity index (χ0v) is 8.13. The van der Waals surface area contributed by atoms with E-state index < -0.39 is 0 Å². The predicted molar refractivity (Wildman–Crippen MR) is 50.8 cm³/mol. The Labute approximate surface area is 79.8 Å². The molecule has 0 aliphatic carbocycles. The average Bonchev–Trinajstić information content (AvgIpc) is 2.69. The van der Waals surface area contributed by atoms with E-state index in [1.807, 2.05) is 0 Å². The Hall–Kier alpha value is -0.120. The molecule has 3 heteroatoms. The zero-order valence-electron chi connectivity index (χ0n) is 8.13. The van der Waals surface area contributed by atoms with Crippen molar-refractivity contribution in [3.05, 3.63) is 0 Å². The molecule has 0 saturated carbocycles. The first kappa shape index (κ1) is 9.44. The molecule has 0 aromatic heterocycles. The first-order chi connectivity index (χ1) is 6.45. The molecule has 2 rings (SSSR count). The van der Waals surface area contributed by atoms with Crippen LogP contribution in [0.5, 0.6) is 0 Å². The third-order valence-electron chi connectivity index (χ3n) is 2.97. The summed E-state index contributed by atoms with van der Waals surface area (Å²) in [7, 11) is 0. The second kappa shape index (κ2) is 4.94. The van der Waals surface area contributed by atoms with Crippen LogP contribution in [0.15, 0.2) is 0 Å². The number of hydrogen-bond acceptors (Lipinski definition) is 3. The maximum Gasteiger partial charge on any atom is 0.0620 e. The summed E-state index contributed by atoms with van der Waals surface area (Å²) in [4.78, 5) is 0. The fourth-order valence-corrected chi connectivity index (χ4v) is 1.98. The van der Waals surface area contributed by atoms with Crippen LogP contribution in [0.3, 0.4) is 0 Å². The van der Waals surface area contributed by atoms with Gasteiger partial charge < -0.3 is 14.8 Å². The molecular formula is C10H19NO2. The molecule has 0 radical (unpaired) electrons. The van der Waals surface area contributed by atoms with Crippen LogP contribution in [0.2, 0.25) is 0 Å². The molecule has 0 aromatic rings. The highest BCUT2D eigenvalue weighted by atomic mass is 16.5. The Bertz CT molecular complexity index is 140. The van der Waals surface area contributed by atoms with Gasteiger partial charge in [0.1, 0.15) is 0 Å². The van der Waals surface area contributed by atoms with Gasteiger partial charge in [-0.3, -0.25) is 0 Å². The van der Waals surface area contributed by atoms with E-state index >= 15 is 0 Å². The van der Waals surface area contributed by atoms with Gasteiger partial charge in [-0.15, -0.1) is 0 Å². The zero-order chi connectivity index (χ0) is 8.93. The summed E-state index contributed by atoms with van der Waals surface area (Å²) in [6, 6.07) is 0.614. The largest absolute Gasteiger partial charge is 0.381 e. The van der Waals surface area contributed by atoms with E-state index in [-0.39, 0.29) is 0 Å². The van der Waals surface area contributed by atoms with Crippen LogP contribution in [-0.2, 0) is 9.47 Å². The summed E-state index contributed by atoms with van der Waals surface area (Å²) < 4.78 is 10.6. The highest BCUT2D eigenvalue weighted by Crippen LogP contribution is 2.14. The molecule has 2 saturated heterocycles. The molecule has 0 aromatic carbocycles. The van der Waals surface area contributed by atoms with Gasteiger partial charge in [0.15, 0.2) is 0 Å². The molecule has 2 aliphatic rings. The van der Waals surface area contributed by atoms with E-state index in [2.05, 4.69) is 5.32 Å². The van der Waals surface area contributed by atoms with Crippen molar-refractivity contribution in [3.8, 4) is 0 Å². The Morgan fingerprint density at radius 3 is 2.46 bits per heavy atom. The van der Waals surface area contributed by atoms with Gasteiger partial charge in [-0.25, -0.2) is 0 Å². The SMILES string of the molecule is C1CC(CNC2CCOC2)CCO1. The quantitative estimate of drug-likeness (QED) is 0.705. The lowest BCUT2D eigenvalue weighted by atomic mass is 10.00. The minimum absolute atomic E-state index is 0.614. The summed E-state index contributed by atoms with van der Waals surface area (Å²) in [6.07, 6.45) is 3.63. The average molecular weight is 185 g/mol. The molecule has 0 bridgehead atoms. The third kappa shape index (κ3) is 2.93. The van der Waals surface area contributed by atoms with Crippen LogP contribution < -0.4 is 5.32 Å². The van der Waals surface area contributed by atoms with Crippen molar-refractivity contribution in [1.29, 1.82) is 0 Å². The smallest absolute Gasteiger partial charge is 0.0620 e. The lowest BCUT2D eigenvalue weighted by Gasteiger charge is -2.23. The van der Waals surface area contributed by atoms with E-state index in [1.165, 1.54) is 19.3 Å². The molecular weight excluding hydrogens is 166 g/mol. The topological polar surface area (TPSA) is 30.5 Å². The van der Waals surface area contributed by atoms with Crippen LogP contribution >= 0.6 is 0 Å². The van der Waals surface area contributed by atoms with Crippen LogP contribution in [0, 0.1) is 5.92 Å². The fraction of sp³-hybridized carbons (Fsp3) is 1.00. The molecule has 1 atom stereocenters. The van der Waals surface area contributed by atoms with Crippen LogP contribution in [0.1, 0.15) is 19.3 Å². The molecule has 1 N–H and O–H groups in total. The Balaban J connectivity index is 1.60. The lowest BCUT2D eigenvalue weighted by molar-refractivity contribution is 0.0652. The molecule has 2 aliphatic heterocycles. The van der Waals surface area contributed by atoms with Crippen molar-refractivity contribution in [1.82, 2.24) is 5.32 Å². The van der Waals surface area contributed by atoms with Gasteiger partial charge in [0.25, 0.3) is 0 Å². The molecule has 1 unspecified atom stereocenters. The fourth-order valence-electron chi connectivity index (χ4n) is 1.98. The highest BCUT2D eigenvalue weighted by molar-refractivity contribution is 4.74. The minimum atomic E-state index is 0.614. The second-order valence-electron chi connectivity index (χ2n) is 4.02. The maximum absolute atomic E-state index is 5.32. The Morgan fingerprint density at radius 2 is 1.77 bits per heavy atom. The van der Waals surface area contributed by atoms with Crippen LogP contribution in [-0.4, -0.2) is 39.0 Å². The summed E-state index contributed by atoms with van der Waals surface area (Å²) in [5, 5.41) is 3.57. The maximum atomic E-state index is 5.32.